The van der Waals surface area contributed by atoms with Crippen molar-refractivity contribution in [3.8, 4) is 5.75 Å². The average molecular weight is 329 g/mol. The fourth-order valence-electron chi connectivity index (χ4n) is 3.18. The van der Waals surface area contributed by atoms with Crippen LogP contribution in [0, 0.1) is 5.92 Å². The Labute approximate surface area is 144 Å². The molecule has 1 aliphatic carbocycles. The van der Waals surface area contributed by atoms with Crippen molar-refractivity contribution < 1.29 is 14.3 Å². The van der Waals surface area contributed by atoms with Crippen molar-refractivity contribution in [2.24, 2.45) is 5.92 Å². The second kappa shape index (κ2) is 8.78. The van der Waals surface area contributed by atoms with Crippen LogP contribution in [0.1, 0.15) is 50.2 Å². The van der Waals surface area contributed by atoms with Crippen LogP contribution in [-0.2, 0) is 9.59 Å². The molecule has 130 valence electrons. The summed E-state index contributed by atoms with van der Waals surface area (Å²) in [6.45, 7) is 4.39. The molecule has 2 unspecified atom stereocenters. The molecule has 2 rings (SSSR count). The lowest BCUT2D eigenvalue weighted by Gasteiger charge is -2.16. The lowest BCUT2D eigenvalue weighted by atomic mass is 9.94. The quantitative estimate of drug-likeness (QED) is 0.669. The minimum atomic E-state index is -0.235. The number of Topliss-reactive ketones (excluding diaryl/α,β-unsaturated/α-hetero) is 1. The molecule has 4 heteroatoms. The van der Waals surface area contributed by atoms with E-state index in [2.05, 4.69) is 37.4 Å². The average Bonchev–Trinajstić information content (AvgIpc) is 2.99. The maximum Gasteiger partial charge on any atom is 0.146 e. The molecular formula is C20H27NO3. The summed E-state index contributed by atoms with van der Waals surface area (Å²) < 4.78 is 5.45. The Morgan fingerprint density at radius 3 is 2.83 bits per heavy atom. The van der Waals surface area contributed by atoms with Crippen molar-refractivity contribution in [2.45, 2.75) is 45.1 Å². The van der Waals surface area contributed by atoms with Crippen molar-refractivity contribution in [1.82, 2.24) is 5.32 Å². The first kappa shape index (κ1) is 18.4. The molecule has 2 atom stereocenters. The van der Waals surface area contributed by atoms with Crippen molar-refractivity contribution in [2.75, 3.05) is 13.7 Å². The van der Waals surface area contributed by atoms with E-state index in [0.717, 1.165) is 24.9 Å². The number of aldehydes is 1. The molecule has 0 saturated heterocycles. The number of benzene rings is 1. The van der Waals surface area contributed by atoms with Gasteiger partial charge >= 0.3 is 0 Å². The summed E-state index contributed by atoms with van der Waals surface area (Å²) in [4.78, 5) is 23.2. The topological polar surface area (TPSA) is 55.4 Å². The van der Waals surface area contributed by atoms with E-state index in [1.165, 1.54) is 11.1 Å². The largest absolute Gasteiger partial charge is 0.496 e. The molecule has 0 fully saturated rings. The Kier molecular flexibility index (Phi) is 6.73. The van der Waals surface area contributed by atoms with Crippen molar-refractivity contribution >= 4 is 18.1 Å². The summed E-state index contributed by atoms with van der Waals surface area (Å²) in [5.41, 5.74) is 2.34. The normalized spacial score (nSPS) is 16.9. The van der Waals surface area contributed by atoms with Crippen LogP contribution in [0.25, 0.3) is 6.08 Å². The van der Waals surface area contributed by atoms with E-state index in [9.17, 15) is 9.59 Å². The van der Waals surface area contributed by atoms with E-state index in [1.807, 2.05) is 12.1 Å². The maximum absolute atomic E-state index is 12.1. The molecule has 0 aromatic heterocycles. The highest BCUT2D eigenvalue weighted by Gasteiger charge is 2.22. The molecule has 1 N–H and O–H groups in total. The molecule has 0 amide bonds. The number of ether oxygens (including phenoxy) is 1. The standard InChI is InChI=1S/C20H27NO3/c1-14(2)11-17(13-22)21-12-18(23)10-9-16-8-7-15-5-4-6-19(24-3)20(15)16/h4-8,13-14,16-17,21H,9-12H2,1-3H3. The van der Waals surface area contributed by atoms with Crippen LogP contribution in [0.4, 0.5) is 0 Å². The lowest BCUT2D eigenvalue weighted by Crippen LogP contribution is -2.35. The zero-order valence-electron chi connectivity index (χ0n) is 14.7. The molecule has 0 heterocycles. The van der Waals surface area contributed by atoms with E-state index in [1.54, 1.807) is 7.11 Å². The molecule has 0 bridgehead atoms. The zero-order valence-corrected chi connectivity index (χ0v) is 14.7. The van der Waals surface area contributed by atoms with E-state index in [-0.39, 0.29) is 24.3 Å². The molecule has 1 aromatic carbocycles. The fourth-order valence-corrected chi connectivity index (χ4v) is 3.18. The third kappa shape index (κ3) is 4.78. The summed E-state index contributed by atoms with van der Waals surface area (Å²) in [6.07, 6.45) is 7.14. The van der Waals surface area contributed by atoms with Crippen LogP contribution in [0.3, 0.4) is 0 Å². The van der Waals surface area contributed by atoms with Gasteiger partial charge in [0.2, 0.25) is 0 Å². The number of nitrogens with one attached hydrogen (secondary N) is 1. The Morgan fingerprint density at radius 1 is 1.38 bits per heavy atom. The van der Waals surface area contributed by atoms with Gasteiger partial charge in [-0.2, -0.15) is 0 Å². The van der Waals surface area contributed by atoms with Gasteiger partial charge in [-0.1, -0.05) is 38.1 Å². The van der Waals surface area contributed by atoms with Gasteiger partial charge in [-0.3, -0.25) is 4.79 Å². The van der Waals surface area contributed by atoms with Crippen molar-refractivity contribution in [3.05, 3.63) is 35.4 Å². The van der Waals surface area contributed by atoms with Crippen molar-refractivity contribution in [3.63, 3.8) is 0 Å². The number of allylic oxidation sites excluding steroid dienone is 1. The molecule has 1 aromatic rings. The molecule has 0 saturated carbocycles. The van der Waals surface area contributed by atoms with Crippen LogP contribution in [0.5, 0.6) is 5.75 Å². The van der Waals surface area contributed by atoms with Gasteiger partial charge in [0.15, 0.2) is 0 Å². The summed E-state index contributed by atoms with van der Waals surface area (Å²) in [5, 5.41) is 3.06. The second-order valence-corrected chi connectivity index (χ2v) is 6.76. The Hall–Kier alpha value is -1.94. The van der Waals surface area contributed by atoms with Gasteiger partial charge in [0.05, 0.1) is 19.7 Å². The van der Waals surface area contributed by atoms with E-state index in [4.69, 9.17) is 4.74 Å². The minimum absolute atomic E-state index is 0.141. The SMILES string of the molecule is COc1cccc2c1C(CCC(=O)CNC(C=O)CC(C)C)C=C2. The van der Waals surface area contributed by atoms with Gasteiger partial charge in [0.1, 0.15) is 17.8 Å². The van der Waals surface area contributed by atoms with E-state index < -0.39 is 0 Å². The monoisotopic (exact) mass is 329 g/mol. The van der Waals surface area contributed by atoms with Crippen molar-refractivity contribution in [1.29, 1.82) is 0 Å². The van der Waals surface area contributed by atoms with Gasteiger partial charge in [0, 0.05) is 17.9 Å². The number of hydrogen-bond acceptors (Lipinski definition) is 4. The number of carbonyl (C=O) groups excluding carboxylic acids is 2. The number of fused-ring (bicyclic) bond motifs is 1. The van der Waals surface area contributed by atoms with E-state index in [0.29, 0.717) is 12.3 Å². The number of hydrogen-bond donors (Lipinski definition) is 1. The Balaban J connectivity index is 1.84. The van der Waals surface area contributed by atoms with Gasteiger partial charge in [-0.05, 0) is 30.4 Å². The first-order chi connectivity index (χ1) is 11.5. The zero-order chi connectivity index (χ0) is 17.5. The lowest BCUT2D eigenvalue weighted by molar-refractivity contribution is -0.118. The molecular weight excluding hydrogens is 302 g/mol. The van der Waals surface area contributed by atoms with E-state index >= 15 is 0 Å². The van der Waals surface area contributed by atoms with Gasteiger partial charge in [-0.25, -0.2) is 0 Å². The summed E-state index contributed by atoms with van der Waals surface area (Å²) >= 11 is 0. The smallest absolute Gasteiger partial charge is 0.146 e. The third-order valence-corrected chi connectivity index (χ3v) is 4.38. The molecule has 1 aliphatic rings. The molecule has 4 nitrogen and oxygen atoms in total. The molecule has 0 aliphatic heterocycles. The molecule has 0 spiro atoms. The minimum Gasteiger partial charge on any atom is -0.496 e. The van der Waals surface area contributed by atoms with Gasteiger partial charge < -0.3 is 14.8 Å². The fraction of sp³-hybridized carbons (Fsp3) is 0.500. The highest BCUT2D eigenvalue weighted by atomic mass is 16.5. The highest BCUT2D eigenvalue weighted by molar-refractivity contribution is 5.81. The molecule has 0 radical (unpaired) electrons. The predicted molar refractivity (Wildman–Crippen MR) is 96.3 cm³/mol. The summed E-state index contributed by atoms with van der Waals surface area (Å²) in [7, 11) is 1.67. The molecule has 24 heavy (non-hydrogen) atoms. The Bertz CT molecular complexity index is 607. The first-order valence-electron chi connectivity index (χ1n) is 8.60. The number of carbonyl (C=O) groups is 2. The maximum atomic E-state index is 12.1. The van der Waals surface area contributed by atoms with Crippen LogP contribution in [0.15, 0.2) is 24.3 Å². The summed E-state index contributed by atoms with van der Waals surface area (Å²) in [6, 6.07) is 5.77. The second-order valence-electron chi connectivity index (χ2n) is 6.76. The van der Waals surface area contributed by atoms with Crippen LogP contribution in [-0.4, -0.2) is 31.8 Å². The number of ketones is 1. The van der Waals surface area contributed by atoms with Crippen LogP contribution >= 0.6 is 0 Å². The third-order valence-electron chi connectivity index (χ3n) is 4.38. The number of rotatable bonds is 10. The number of methoxy groups -OCH3 is 1. The van der Waals surface area contributed by atoms with Gasteiger partial charge in [0.25, 0.3) is 0 Å². The first-order valence-corrected chi connectivity index (χ1v) is 8.60. The summed E-state index contributed by atoms with van der Waals surface area (Å²) in [5.74, 6) is 1.67. The van der Waals surface area contributed by atoms with Gasteiger partial charge in [-0.15, -0.1) is 0 Å². The highest BCUT2D eigenvalue weighted by Crippen LogP contribution is 2.39. The van der Waals surface area contributed by atoms with Crippen LogP contribution in [0.2, 0.25) is 0 Å². The Morgan fingerprint density at radius 2 is 2.17 bits per heavy atom. The predicted octanol–water partition coefficient (Wildman–Crippen LogP) is 3.36. The van der Waals surface area contributed by atoms with Crippen LogP contribution < -0.4 is 10.1 Å².